The quantitative estimate of drug-likeness (QED) is 0.0664. The number of methoxy groups -OCH3 is 1. The van der Waals surface area contributed by atoms with Crippen LogP contribution in [0.25, 0.3) is 0 Å². The highest BCUT2D eigenvalue weighted by molar-refractivity contribution is 5.96. The minimum Gasteiger partial charge on any atom is -1.00 e. The Morgan fingerprint density at radius 1 is 0.778 bits per heavy atom. The van der Waals surface area contributed by atoms with E-state index in [2.05, 4.69) is 62.0 Å². The van der Waals surface area contributed by atoms with E-state index >= 15 is 0 Å². The molecule has 0 atom stereocenters. The van der Waals surface area contributed by atoms with Crippen molar-refractivity contribution in [3.05, 3.63) is 89.2 Å². The summed E-state index contributed by atoms with van der Waals surface area (Å²) in [4.78, 5) is 15.8. The van der Waals surface area contributed by atoms with Gasteiger partial charge in [-0.05, 0) is 54.8 Å². The van der Waals surface area contributed by atoms with Gasteiger partial charge in [0.2, 0.25) is 0 Å². The van der Waals surface area contributed by atoms with E-state index in [0.29, 0.717) is 24.4 Å². The Morgan fingerprint density at radius 2 is 1.44 bits per heavy atom. The van der Waals surface area contributed by atoms with Gasteiger partial charge in [0.25, 0.3) is 5.91 Å². The predicted molar refractivity (Wildman–Crippen MR) is 181 cm³/mol. The van der Waals surface area contributed by atoms with E-state index in [9.17, 15) is 4.79 Å². The molecule has 2 aromatic carbocycles. The van der Waals surface area contributed by atoms with Crippen LogP contribution in [-0.4, -0.2) is 24.5 Å². The minimum absolute atomic E-state index is 0. The number of pyridine rings is 1. The molecule has 0 aliphatic rings. The molecule has 3 aromatic rings. The standard InChI is InChI=1S/C39H57N2O3.HI/c1-5-7-8-9-10-11-12-13-14-15-16-19-28-44-36-25-24-35(33(3)29-36)32-41(31-34-21-20-27-40(30-34)26-6-2)39(42)37-22-17-18-23-38(37)43-4;/h17-18,20-25,27,29-30H,5-16,19,26,28,31-32H2,1-4H3;1H/q+1;/p-1. The molecule has 0 unspecified atom stereocenters. The average Bonchev–Trinajstić information content (AvgIpc) is 3.04. The number of aryl methyl sites for hydroxylation is 2. The van der Waals surface area contributed by atoms with E-state index < -0.39 is 0 Å². The number of amides is 1. The largest absolute Gasteiger partial charge is 1.00 e. The highest BCUT2D eigenvalue weighted by Gasteiger charge is 2.22. The Morgan fingerprint density at radius 3 is 2.09 bits per heavy atom. The van der Waals surface area contributed by atoms with E-state index in [1.165, 1.54) is 70.6 Å². The van der Waals surface area contributed by atoms with Gasteiger partial charge in [0.1, 0.15) is 18.0 Å². The van der Waals surface area contributed by atoms with Crippen LogP contribution in [0.4, 0.5) is 0 Å². The molecule has 0 saturated carbocycles. The van der Waals surface area contributed by atoms with Crippen molar-refractivity contribution < 1.29 is 42.8 Å². The fraction of sp³-hybridized carbons (Fsp3) is 0.538. The van der Waals surface area contributed by atoms with E-state index in [0.717, 1.165) is 48.4 Å². The van der Waals surface area contributed by atoms with E-state index in [4.69, 9.17) is 9.47 Å². The summed E-state index contributed by atoms with van der Waals surface area (Å²) in [6, 6.07) is 17.9. The van der Waals surface area contributed by atoms with Crippen LogP contribution in [0.5, 0.6) is 11.5 Å². The topological polar surface area (TPSA) is 42.7 Å². The van der Waals surface area contributed by atoms with Crippen LogP contribution in [0.1, 0.15) is 124 Å². The fourth-order valence-corrected chi connectivity index (χ4v) is 5.75. The number of carbonyl (C=O) groups excluding carboxylic acids is 1. The van der Waals surface area contributed by atoms with Crippen LogP contribution in [0, 0.1) is 6.92 Å². The second kappa shape index (κ2) is 22.8. The second-order valence-corrected chi connectivity index (χ2v) is 12.1. The van der Waals surface area contributed by atoms with Gasteiger partial charge in [-0.3, -0.25) is 4.79 Å². The van der Waals surface area contributed by atoms with E-state index in [-0.39, 0.29) is 29.9 Å². The van der Waals surface area contributed by atoms with Crippen LogP contribution in [0.3, 0.4) is 0 Å². The number of halogens is 1. The molecular weight excluding hydrogens is 671 g/mol. The maximum Gasteiger partial charge on any atom is 0.258 e. The van der Waals surface area contributed by atoms with Crippen molar-refractivity contribution in [1.82, 2.24) is 4.90 Å². The van der Waals surface area contributed by atoms with Crippen molar-refractivity contribution >= 4 is 5.91 Å². The highest BCUT2D eigenvalue weighted by atomic mass is 127. The molecule has 5 nitrogen and oxygen atoms in total. The molecule has 0 radical (unpaired) electrons. The molecule has 0 saturated heterocycles. The molecule has 0 spiro atoms. The van der Waals surface area contributed by atoms with E-state index in [1.807, 2.05) is 35.2 Å². The molecular formula is C39H57IN2O3. The smallest absolute Gasteiger partial charge is 0.258 e. The third-order valence-corrected chi connectivity index (χ3v) is 8.34. The molecule has 6 heteroatoms. The molecule has 0 bridgehead atoms. The first-order chi connectivity index (χ1) is 21.5. The van der Waals surface area contributed by atoms with Crippen molar-refractivity contribution in [2.45, 2.75) is 124 Å². The number of hydrogen-bond donors (Lipinski definition) is 0. The zero-order valence-corrected chi connectivity index (χ0v) is 30.5. The van der Waals surface area contributed by atoms with Gasteiger partial charge in [0, 0.05) is 24.6 Å². The first kappa shape index (κ1) is 38.6. The van der Waals surface area contributed by atoms with Gasteiger partial charge in [0.05, 0.1) is 25.8 Å². The fourth-order valence-electron chi connectivity index (χ4n) is 5.75. The van der Waals surface area contributed by atoms with Crippen molar-refractivity contribution in [2.75, 3.05) is 13.7 Å². The van der Waals surface area contributed by atoms with Crippen molar-refractivity contribution in [2.24, 2.45) is 0 Å². The van der Waals surface area contributed by atoms with Crippen LogP contribution in [0.2, 0.25) is 0 Å². The lowest BCUT2D eigenvalue weighted by atomic mass is 10.1. The van der Waals surface area contributed by atoms with Crippen LogP contribution in [0.15, 0.2) is 67.0 Å². The van der Waals surface area contributed by atoms with Gasteiger partial charge in [-0.2, -0.15) is 0 Å². The van der Waals surface area contributed by atoms with Gasteiger partial charge >= 0.3 is 0 Å². The lowest BCUT2D eigenvalue weighted by Crippen LogP contribution is -3.00. The number of benzene rings is 2. The third kappa shape index (κ3) is 14.1. The molecule has 1 amide bonds. The summed E-state index contributed by atoms with van der Waals surface area (Å²) in [5.41, 5.74) is 3.92. The second-order valence-electron chi connectivity index (χ2n) is 12.1. The summed E-state index contributed by atoms with van der Waals surface area (Å²) < 4.78 is 13.8. The van der Waals surface area contributed by atoms with Crippen LogP contribution in [-0.2, 0) is 19.6 Å². The number of nitrogens with zero attached hydrogens (tertiary/aromatic N) is 2. The predicted octanol–water partition coefficient (Wildman–Crippen LogP) is 6.63. The number of rotatable bonds is 22. The SMILES string of the molecule is CCCCCCCCCCCCCCOc1ccc(CN(Cc2ccc[n+](CCC)c2)C(=O)c2ccccc2OC)c(C)c1.[I-]. The molecule has 45 heavy (non-hydrogen) atoms. The lowest BCUT2D eigenvalue weighted by molar-refractivity contribution is -0.697. The van der Waals surface area contributed by atoms with Gasteiger partial charge in [0.15, 0.2) is 12.4 Å². The Labute approximate surface area is 290 Å². The molecule has 0 fully saturated rings. The number of unbranched alkanes of at least 4 members (excludes halogenated alkanes) is 11. The molecule has 0 aliphatic carbocycles. The van der Waals surface area contributed by atoms with Crippen molar-refractivity contribution in [3.8, 4) is 11.5 Å². The number of aromatic nitrogens is 1. The molecule has 0 N–H and O–H groups in total. The summed E-state index contributed by atoms with van der Waals surface area (Å²) in [5.74, 6) is 1.45. The van der Waals surface area contributed by atoms with Crippen LogP contribution >= 0.6 is 0 Å². The summed E-state index contributed by atoms with van der Waals surface area (Å²) >= 11 is 0. The Hall–Kier alpha value is -2.61. The maximum absolute atomic E-state index is 13.9. The molecule has 248 valence electrons. The van der Waals surface area contributed by atoms with Gasteiger partial charge < -0.3 is 38.4 Å². The number of carbonyl (C=O) groups is 1. The Bertz CT molecular complexity index is 1250. The first-order valence-electron chi connectivity index (χ1n) is 17.2. The number of hydrogen-bond acceptors (Lipinski definition) is 3. The zero-order chi connectivity index (χ0) is 31.4. The molecule has 3 rings (SSSR count). The number of para-hydroxylation sites is 1. The van der Waals surface area contributed by atoms with Crippen molar-refractivity contribution in [1.29, 1.82) is 0 Å². The van der Waals surface area contributed by atoms with Gasteiger partial charge in [-0.1, -0.05) is 103 Å². The number of ether oxygens (including phenoxy) is 2. The van der Waals surface area contributed by atoms with Gasteiger partial charge in [-0.25, -0.2) is 4.57 Å². The molecule has 0 aliphatic heterocycles. The monoisotopic (exact) mass is 728 g/mol. The molecule has 1 aromatic heterocycles. The molecule has 1 heterocycles. The summed E-state index contributed by atoms with van der Waals surface area (Å²) in [6.07, 6.45) is 21.4. The average molecular weight is 729 g/mol. The van der Waals surface area contributed by atoms with E-state index in [1.54, 1.807) is 7.11 Å². The maximum atomic E-state index is 13.9. The normalized spacial score (nSPS) is 10.8. The lowest BCUT2D eigenvalue weighted by Gasteiger charge is -2.24. The van der Waals surface area contributed by atoms with Crippen molar-refractivity contribution in [3.63, 3.8) is 0 Å². The summed E-state index contributed by atoms with van der Waals surface area (Å²) in [6.45, 7) is 9.28. The van der Waals surface area contributed by atoms with Gasteiger partial charge in [-0.15, -0.1) is 0 Å². The first-order valence-corrected chi connectivity index (χ1v) is 17.2. The highest BCUT2D eigenvalue weighted by Crippen LogP contribution is 2.24. The minimum atomic E-state index is -0.0416. The van der Waals surface area contributed by atoms with Crippen LogP contribution < -0.4 is 38.0 Å². The summed E-state index contributed by atoms with van der Waals surface area (Å²) in [7, 11) is 1.61. The Balaban J connectivity index is 0.00000705. The summed E-state index contributed by atoms with van der Waals surface area (Å²) in [5, 5.41) is 0. The zero-order valence-electron chi connectivity index (χ0n) is 28.4. The third-order valence-electron chi connectivity index (χ3n) is 8.34. The Kier molecular flexibility index (Phi) is 19.6.